The minimum atomic E-state index is -0.234. The van der Waals surface area contributed by atoms with Crippen molar-refractivity contribution in [2.75, 3.05) is 13.3 Å². The van der Waals surface area contributed by atoms with E-state index in [2.05, 4.69) is 15.4 Å². The lowest BCUT2D eigenvalue weighted by Crippen LogP contribution is -2.26. The van der Waals surface area contributed by atoms with Gasteiger partial charge in [0.25, 0.3) is 5.56 Å². The molecule has 1 aliphatic rings. The Morgan fingerprint density at radius 1 is 1.18 bits per heavy atom. The predicted octanol–water partition coefficient (Wildman–Crippen LogP) is 2.51. The average molecular weight is 457 g/mol. The van der Waals surface area contributed by atoms with Gasteiger partial charge >= 0.3 is 0 Å². The van der Waals surface area contributed by atoms with Gasteiger partial charge in [0.15, 0.2) is 17.1 Å². The van der Waals surface area contributed by atoms with Crippen LogP contribution in [0.2, 0.25) is 0 Å². The van der Waals surface area contributed by atoms with Gasteiger partial charge in [-0.2, -0.15) is 5.10 Å². The molecule has 0 bridgehead atoms. The first kappa shape index (κ1) is 21.4. The summed E-state index contributed by atoms with van der Waals surface area (Å²) in [7, 11) is 0. The molecule has 2 aromatic heterocycles. The molecule has 172 valence electrons. The van der Waals surface area contributed by atoms with Crippen molar-refractivity contribution in [1.82, 2.24) is 24.6 Å². The number of hydrogen-bond donors (Lipinski definition) is 1. The van der Waals surface area contributed by atoms with Gasteiger partial charge in [0.2, 0.25) is 12.7 Å². The first-order chi connectivity index (χ1) is 16.6. The van der Waals surface area contributed by atoms with E-state index in [1.165, 1.54) is 18.6 Å². The Morgan fingerprint density at radius 3 is 2.94 bits per heavy atom. The maximum Gasteiger partial charge on any atom is 0.264 e. The van der Waals surface area contributed by atoms with Crippen molar-refractivity contribution in [3.8, 4) is 11.5 Å². The maximum absolute atomic E-state index is 12.9. The van der Waals surface area contributed by atoms with Crippen LogP contribution in [-0.4, -0.2) is 38.6 Å². The van der Waals surface area contributed by atoms with Crippen LogP contribution in [0.5, 0.6) is 11.5 Å². The van der Waals surface area contributed by atoms with E-state index in [1.54, 1.807) is 15.3 Å². The van der Waals surface area contributed by atoms with Crippen LogP contribution in [0.1, 0.15) is 16.7 Å². The van der Waals surface area contributed by atoms with E-state index in [1.807, 2.05) is 49.4 Å². The number of hydrogen-bond acceptors (Lipinski definition) is 6. The van der Waals surface area contributed by atoms with Crippen LogP contribution in [0.3, 0.4) is 0 Å². The third-order valence-electron chi connectivity index (χ3n) is 5.50. The number of nitrogens with one attached hydrogen (secondary N) is 1. The Bertz CT molecular complexity index is 1450. The largest absolute Gasteiger partial charge is 0.454 e. The van der Waals surface area contributed by atoms with Gasteiger partial charge in [-0.25, -0.2) is 9.67 Å². The van der Waals surface area contributed by atoms with E-state index in [9.17, 15) is 9.59 Å². The predicted molar refractivity (Wildman–Crippen MR) is 127 cm³/mol. The Hall–Kier alpha value is -4.40. The number of nitrogens with zero attached hydrogens (tertiary/aromatic N) is 4. The van der Waals surface area contributed by atoms with Crippen molar-refractivity contribution in [3.63, 3.8) is 0 Å². The molecule has 1 amide bonds. The van der Waals surface area contributed by atoms with Gasteiger partial charge in [0, 0.05) is 12.6 Å². The highest BCUT2D eigenvalue weighted by Gasteiger charge is 2.13. The molecule has 9 heteroatoms. The van der Waals surface area contributed by atoms with E-state index in [0.717, 1.165) is 16.7 Å². The highest BCUT2D eigenvalue weighted by Crippen LogP contribution is 2.32. The number of ether oxygens (including phenoxy) is 2. The van der Waals surface area contributed by atoms with Crippen molar-refractivity contribution in [2.45, 2.75) is 20.0 Å². The van der Waals surface area contributed by atoms with Crippen LogP contribution in [0.4, 0.5) is 0 Å². The number of carbonyl (C=O) groups is 1. The summed E-state index contributed by atoms with van der Waals surface area (Å²) in [6.45, 7) is 3.40. The quantitative estimate of drug-likeness (QED) is 0.428. The summed E-state index contributed by atoms with van der Waals surface area (Å²) in [6.07, 6.45) is 6.23. The van der Waals surface area contributed by atoms with E-state index in [0.29, 0.717) is 42.2 Å². The number of rotatable bonds is 7. The zero-order valence-electron chi connectivity index (χ0n) is 18.6. The Balaban J connectivity index is 1.20. The fourth-order valence-electron chi connectivity index (χ4n) is 3.81. The van der Waals surface area contributed by atoms with Crippen molar-refractivity contribution < 1.29 is 14.3 Å². The molecule has 0 radical (unpaired) electrons. The van der Waals surface area contributed by atoms with Crippen LogP contribution >= 0.6 is 0 Å². The SMILES string of the molecule is Cc1cccc(Cn2cnc3c(cnn3CCNC(=O)C=Cc3ccc4c(c3)OCO4)c2=O)c1. The number of benzene rings is 2. The van der Waals surface area contributed by atoms with Crippen molar-refractivity contribution >= 4 is 23.0 Å². The number of carbonyl (C=O) groups excluding carboxylic acids is 1. The maximum atomic E-state index is 12.9. The molecule has 0 spiro atoms. The zero-order valence-corrected chi connectivity index (χ0v) is 18.6. The van der Waals surface area contributed by atoms with Crippen molar-refractivity contribution in [3.05, 3.63) is 88.1 Å². The first-order valence-corrected chi connectivity index (χ1v) is 10.9. The molecule has 5 rings (SSSR count). The van der Waals surface area contributed by atoms with Gasteiger partial charge in [-0.1, -0.05) is 35.9 Å². The van der Waals surface area contributed by atoms with E-state index in [-0.39, 0.29) is 18.3 Å². The fourth-order valence-corrected chi connectivity index (χ4v) is 3.81. The Labute approximate surface area is 195 Å². The molecule has 0 fully saturated rings. The van der Waals surface area contributed by atoms with Crippen LogP contribution < -0.4 is 20.3 Å². The third-order valence-corrected chi connectivity index (χ3v) is 5.50. The van der Waals surface area contributed by atoms with Gasteiger partial charge in [-0.05, 0) is 36.3 Å². The van der Waals surface area contributed by atoms with Gasteiger partial charge in [0.1, 0.15) is 11.7 Å². The molecule has 0 atom stereocenters. The van der Waals surface area contributed by atoms with Crippen LogP contribution in [0.15, 0.2) is 65.9 Å². The molecular weight excluding hydrogens is 434 g/mol. The molecule has 4 aromatic rings. The molecule has 0 saturated heterocycles. The van der Waals surface area contributed by atoms with Crippen LogP contribution in [0, 0.1) is 6.92 Å². The van der Waals surface area contributed by atoms with Gasteiger partial charge < -0.3 is 14.8 Å². The number of amides is 1. The van der Waals surface area contributed by atoms with Crippen molar-refractivity contribution in [2.24, 2.45) is 0 Å². The van der Waals surface area contributed by atoms with Crippen LogP contribution in [-0.2, 0) is 17.9 Å². The first-order valence-electron chi connectivity index (χ1n) is 10.9. The lowest BCUT2D eigenvalue weighted by atomic mass is 10.1. The zero-order chi connectivity index (χ0) is 23.5. The smallest absolute Gasteiger partial charge is 0.264 e. The highest BCUT2D eigenvalue weighted by atomic mass is 16.7. The summed E-state index contributed by atoms with van der Waals surface area (Å²) >= 11 is 0. The molecule has 34 heavy (non-hydrogen) atoms. The van der Waals surface area contributed by atoms with E-state index < -0.39 is 0 Å². The number of aromatic nitrogens is 4. The van der Waals surface area contributed by atoms with Gasteiger partial charge in [-0.15, -0.1) is 0 Å². The van der Waals surface area contributed by atoms with E-state index in [4.69, 9.17) is 9.47 Å². The summed E-state index contributed by atoms with van der Waals surface area (Å²) in [5.74, 6) is 1.13. The standard InChI is InChI=1S/C25H23N5O4/c1-17-3-2-4-19(11-17)14-29-15-27-24-20(25(29)32)13-28-30(24)10-9-26-23(31)8-6-18-5-7-21-22(12-18)34-16-33-21/h2-8,11-13,15H,9-10,14,16H2,1H3,(H,26,31). The van der Waals surface area contributed by atoms with E-state index >= 15 is 0 Å². The second kappa shape index (κ2) is 9.22. The van der Waals surface area contributed by atoms with Crippen LogP contribution in [0.25, 0.3) is 17.1 Å². The van der Waals surface area contributed by atoms with Crippen molar-refractivity contribution in [1.29, 1.82) is 0 Å². The minimum Gasteiger partial charge on any atom is -0.454 e. The summed E-state index contributed by atoms with van der Waals surface area (Å²) < 4.78 is 13.8. The molecule has 1 aliphatic heterocycles. The summed E-state index contributed by atoms with van der Waals surface area (Å²) in [4.78, 5) is 29.5. The summed E-state index contributed by atoms with van der Waals surface area (Å²) in [5.41, 5.74) is 3.36. The molecular formula is C25H23N5O4. The normalized spacial score (nSPS) is 12.5. The lowest BCUT2D eigenvalue weighted by molar-refractivity contribution is -0.116. The van der Waals surface area contributed by atoms with Gasteiger partial charge in [0.05, 0.1) is 19.3 Å². The highest BCUT2D eigenvalue weighted by molar-refractivity contribution is 5.91. The number of fused-ring (bicyclic) bond motifs is 2. The molecule has 1 N–H and O–H groups in total. The minimum absolute atomic E-state index is 0.145. The topological polar surface area (TPSA) is 100 Å². The molecule has 0 saturated carbocycles. The lowest BCUT2D eigenvalue weighted by Gasteiger charge is -2.07. The summed E-state index contributed by atoms with van der Waals surface area (Å²) in [6, 6.07) is 13.5. The monoisotopic (exact) mass is 457 g/mol. The molecule has 9 nitrogen and oxygen atoms in total. The summed E-state index contributed by atoms with van der Waals surface area (Å²) in [5, 5.41) is 7.55. The fraction of sp³-hybridized carbons (Fsp3) is 0.200. The molecule has 0 unspecified atom stereocenters. The Kier molecular flexibility index (Phi) is 5.82. The average Bonchev–Trinajstić information content (AvgIpc) is 3.46. The molecule has 0 aliphatic carbocycles. The van der Waals surface area contributed by atoms with Gasteiger partial charge in [-0.3, -0.25) is 14.2 Å². The third kappa shape index (κ3) is 4.54. The second-order valence-corrected chi connectivity index (χ2v) is 8.01. The second-order valence-electron chi connectivity index (χ2n) is 8.01. The molecule has 3 heterocycles. The molecule has 2 aromatic carbocycles. The number of aryl methyl sites for hydroxylation is 1. The Morgan fingerprint density at radius 2 is 2.06 bits per heavy atom.